The molecule has 1 aromatic rings. The minimum Gasteiger partial charge on any atom is -0.462 e. The molecular weight excluding hydrogens is 366 g/mol. The highest BCUT2D eigenvalue weighted by atomic mass is 32.2. The average molecular weight is 396 g/mol. The Morgan fingerprint density at radius 3 is 2.48 bits per heavy atom. The van der Waals surface area contributed by atoms with Crippen LogP contribution in [0.25, 0.3) is 0 Å². The molecule has 27 heavy (non-hydrogen) atoms. The number of esters is 1. The maximum atomic E-state index is 12.3. The zero-order valence-corrected chi connectivity index (χ0v) is 17.3. The monoisotopic (exact) mass is 395 g/mol. The van der Waals surface area contributed by atoms with E-state index < -0.39 is 16.4 Å². The quantitative estimate of drug-likeness (QED) is 0.715. The molecule has 1 saturated heterocycles. The van der Waals surface area contributed by atoms with Crippen LogP contribution in [0, 0.1) is 5.92 Å². The van der Waals surface area contributed by atoms with Crippen LogP contribution in [0.15, 0.2) is 24.3 Å². The Labute approximate surface area is 163 Å². The van der Waals surface area contributed by atoms with Crippen LogP contribution in [0.5, 0.6) is 0 Å². The average Bonchev–Trinajstić information content (AvgIpc) is 2.58. The van der Waals surface area contributed by atoms with Gasteiger partial charge in [-0.05, 0) is 57.2 Å². The van der Waals surface area contributed by atoms with E-state index in [9.17, 15) is 13.8 Å². The summed E-state index contributed by atoms with van der Waals surface area (Å²) in [4.78, 5) is 26.1. The van der Waals surface area contributed by atoms with Gasteiger partial charge in [-0.1, -0.05) is 12.1 Å². The van der Waals surface area contributed by atoms with Crippen molar-refractivity contribution in [3.05, 3.63) is 35.4 Å². The van der Waals surface area contributed by atoms with Crippen molar-refractivity contribution in [3.63, 3.8) is 0 Å². The Balaban J connectivity index is 1.79. The fourth-order valence-corrected chi connectivity index (χ4v) is 3.56. The third-order valence-corrected chi connectivity index (χ3v) is 4.99. The number of carbonyl (C=O) groups is 2. The van der Waals surface area contributed by atoms with E-state index >= 15 is 0 Å². The number of rotatable bonds is 5. The van der Waals surface area contributed by atoms with Gasteiger partial charge in [-0.25, -0.2) is 9.59 Å². The second-order valence-electron chi connectivity index (χ2n) is 7.93. The van der Waals surface area contributed by atoms with Gasteiger partial charge in [0.1, 0.15) is 5.60 Å². The van der Waals surface area contributed by atoms with E-state index in [0.29, 0.717) is 31.0 Å². The number of carbonyl (C=O) groups excluding carboxylic acids is 2. The van der Waals surface area contributed by atoms with E-state index in [1.807, 2.05) is 26.8 Å². The Bertz CT molecular complexity index is 690. The highest BCUT2D eigenvalue weighted by Crippen LogP contribution is 2.20. The maximum Gasteiger partial charge on any atom is 0.410 e. The van der Waals surface area contributed by atoms with Crippen LogP contribution in [-0.2, 0) is 26.0 Å². The molecule has 1 atom stereocenters. The number of ether oxygens (including phenoxy) is 2. The maximum absolute atomic E-state index is 12.3. The largest absolute Gasteiger partial charge is 0.462 e. The summed E-state index contributed by atoms with van der Waals surface area (Å²) in [6, 6.07) is 7.06. The molecule has 150 valence electrons. The first-order valence-corrected chi connectivity index (χ1v) is 10.9. The molecule has 0 unspecified atom stereocenters. The number of piperidine rings is 1. The van der Waals surface area contributed by atoms with Crippen molar-refractivity contribution in [1.82, 2.24) is 4.90 Å². The molecule has 1 aromatic carbocycles. The number of hydrogen-bond donors (Lipinski definition) is 0. The molecule has 6 nitrogen and oxygen atoms in total. The van der Waals surface area contributed by atoms with Gasteiger partial charge >= 0.3 is 12.1 Å². The highest BCUT2D eigenvalue weighted by molar-refractivity contribution is 7.83. The van der Waals surface area contributed by atoms with E-state index in [-0.39, 0.29) is 18.0 Å². The summed E-state index contributed by atoms with van der Waals surface area (Å²) in [5, 5.41) is 0. The molecule has 0 saturated carbocycles. The van der Waals surface area contributed by atoms with E-state index in [0.717, 1.165) is 18.4 Å². The van der Waals surface area contributed by atoms with Crippen LogP contribution in [0.1, 0.15) is 49.5 Å². The third kappa shape index (κ3) is 7.33. The van der Waals surface area contributed by atoms with Crippen molar-refractivity contribution < 1.29 is 23.3 Å². The van der Waals surface area contributed by atoms with Crippen molar-refractivity contribution in [2.75, 3.05) is 26.0 Å². The second kappa shape index (κ2) is 9.35. The van der Waals surface area contributed by atoms with Gasteiger partial charge in [0.05, 0.1) is 12.2 Å². The molecule has 0 spiro atoms. The topological polar surface area (TPSA) is 72.9 Å². The molecular formula is C20H29NO5S. The lowest BCUT2D eigenvalue weighted by molar-refractivity contribution is 0.0115. The number of nitrogens with zero attached hydrogens (tertiary/aromatic N) is 1. The summed E-state index contributed by atoms with van der Waals surface area (Å²) >= 11 is 0. The van der Waals surface area contributed by atoms with E-state index in [2.05, 4.69) is 0 Å². The van der Waals surface area contributed by atoms with Gasteiger partial charge < -0.3 is 14.4 Å². The van der Waals surface area contributed by atoms with Crippen molar-refractivity contribution >= 4 is 22.9 Å². The lowest BCUT2D eigenvalue weighted by Crippen LogP contribution is -2.42. The lowest BCUT2D eigenvalue weighted by Gasteiger charge is -2.33. The normalized spacial score (nSPS) is 16.7. The molecule has 1 aliphatic heterocycles. The van der Waals surface area contributed by atoms with Crippen LogP contribution < -0.4 is 0 Å². The van der Waals surface area contributed by atoms with Gasteiger partial charge in [0.25, 0.3) is 0 Å². The fraction of sp³-hybridized carbons (Fsp3) is 0.600. The SMILES string of the molecule is C[S@](=O)Cc1cccc(C(=O)OCC2CCN(C(=O)OC(C)(C)C)CC2)c1. The molecule has 1 fully saturated rings. The van der Waals surface area contributed by atoms with Crippen LogP contribution in [-0.4, -0.2) is 52.7 Å². The molecule has 0 aliphatic carbocycles. The van der Waals surface area contributed by atoms with Crippen LogP contribution in [0.3, 0.4) is 0 Å². The number of amides is 1. The lowest BCUT2D eigenvalue weighted by atomic mass is 9.98. The Morgan fingerprint density at radius 2 is 1.89 bits per heavy atom. The smallest absolute Gasteiger partial charge is 0.410 e. The molecule has 0 radical (unpaired) electrons. The number of hydrogen-bond acceptors (Lipinski definition) is 5. The predicted molar refractivity (Wildman–Crippen MR) is 105 cm³/mol. The standard InChI is InChI=1S/C20H29NO5S/c1-20(2,3)26-19(23)21-10-8-15(9-11-21)13-25-18(22)17-7-5-6-16(12-17)14-27(4)24/h5-7,12,15H,8-11,13-14H2,1-4H3/t27-/m0/s1. The highest BCUT2D eigenvalue weighted by Gasteiger charge is 2.27. The second-order valence-corrected chi connectivity index (χ2v) is 9.36. The Morgan fingerprint density at radius 1 is 1.22 bits per heavy atom. The van der Waals surface area contributed by atoms with E-state index in [1.165, 1.54) is 0 Å². The van der Waals surface area contributed by atoms with Crippen LogP contribution >= 0.6 is 0 Å². The third-order valence-electron chi connectivity index (χ3n) is 4.25. The summed E-state index contributed by atoms with van der Waals surface area (Å²) in [6.07, 6.45) is 2.90. The van der Waals surface area contributed by atoms with Gasteiger partial charge in [-0.3, -0.25) is 4.21 Å². The Kier molecular flexibility index (Phi) is 7.41. The summed E-state index contributed by atoms with van der Waals surface area (Å²) in [6.45, 7) is 7.10. The van der Waals surface area contributed by atoms with Crippen LogP contribution in [0.4, 0.5) is 4.79 Å². The van der Waals surface area contributed by atoms with Gasteiger partial charge in [-0.15, -0.1) is 0 Å². The first-order valence-electron chi connectivity index (χ1n) is 9.18. The zero-order chi connectivity index (χ0) is 20.0. The van der Waals surface area contributed by atoms with Gasteiger partial charge in [0.15, 0.2) is 0 Å². The number of likely N-dealkylation sites (tertiary alicyclic amines) is 1. The number of benzene rings is 1. The van der Waals surface area contributed by atoms with Crippen LogP contribution in [0.2, 0.25) is 0 Å². The molecule has 1 aliphatic rings. The molecule has 1 heterocycles. The van der Waals surface area contributed by atoms with Crippen molar-refractivity contribution in [1.29, 1.82) is 0 Å². The van der Waals surface area contributed by atoms with E-state index in [1.54, 1.807) is 29.4 Å². The van der Waals surface area contributed by atoms with Gasteiger partial charge in [0, 0.05) is 35.9 Å². The molecule has 0 bridgehead atoms. The molecule has 0 N–H and O–H groups in total. The summed E-state index contributed by atoms with van der Waals surface area (Å²) in [5.41, 5.74) is 0.836. The molecule has 0 aromatic heterocycles. The van der Waals surface area contributed by atoms with Crippen molar-refractivity contribution in [3.8, 4) is 0 Å². The summed E-state index contributed by atoms with van der Waals surface area (Å²) in [5.74, 6) is 0.289. The summed E-state index contributed by atoms with van der Waals surface area (Å²) in [7, 11) is -0.954. The van der Waals surface area contributed by atoms with Gasteiger partial charge in [-0.2, -0.15) is 0 Å². The molecule has 2 rings (SSSR count). The minimum absolute atomic E-state index is 0.235. The minimum atomic E-state index is -0.954. The van der Waals surface area contributed by atoms with Crippen molar-refractivity contribution in [2.24, 2.45) is 5.92 Å². The molecule has 1 amide bonds. The van der Waals surface area contributed by atoms with E-state index in [4.69, 9.17) is 9.47 Å². The fourth-order valence-electron chi connectivity index (χ4n) is 2.91. The predicted octanol–water partition coefficient (Wildman–Crippen LogP) is 3.37. The first-order chi connectivity index (χ1) is 12.6. The Hall–Kier alpha value is -1.89. The zero-order valence-electron chi connectivity index (χ0n) is 16.5. The first kappa shape index (κ1) is 21.4. The summed E-state index contributed by atoms with van der Waals surface area (Å²) < 4.78 is 22.2. The van der Waals surface area contributed by atoms with Crippen molar-refractivity contribution in [2.45, 2.75) is 45.0 Å². The van der Waals surface area contributed by atoms with Gasteiger partial charge in [0.2, 0.25) is 0 Å². The molecule has 7 heteroatoms.